The molecule has 32 heavy (non-hydrogen) atoms. The zero-order chi connectivity index (χ0) is 21.5. The van der Waals surface area contributed by atoms with Crippen LogP contribution in [0.2, 0.25) is 0 Å². The predicted molar refractivity (Wildman–Crippen MR) is 125 cm³/mol. The van der Waals surface area contributed by atoms with Crippen LogP contribution in [0.15, 0.2) is 52.9 Å². The van der Waals surface area contributed by atoms with Gasteiger partial charge < -0.3 is 19.2 Å². The van der Waals surface area contributed by atoms with Gasteiger partial charge in [0.1, 0.15) is 5.58 Å². The maximum absolute atomic E-state index is 10.8. The van der Waals surface area contributed by atoms with Gasteiger partial charge in [0.05, 0.1) is 19.8 Å². The Balaban J connectivity index is 1.28. The van der Waals surface area contributed by atoms with E-state index >= 15 is 0 Å². The zero-order valence-corrected chi connectivity index (χ0v) is 18.3. The fraction of sp³-hybridized carbons (Fsp3) is 0.423. The van der Waals surface area contributed by atoms with E-state index < -0.39 is 0 Å². The lowest BCUT2D eigenvalue weighted by Crippen LogP contribution is -2.86. The second kappa shape index (κ2) is 8.26. The van der Waals surface area contributed by atoms with Gasteiger partial charge in [0.25, 0.3) is 0 Å². The highest BCUT2D eigenvalue weighted by Crippen LogP contribution is 2.32. The van der Waals surface area contributed by atoms with Crippen molar-refractivity contribution in [1.29, 1.82) is 0 Å². The van der Waals surface area contributed by atoms with Crippen LogP contribution in [0.5, 0.6) is 0 Å². The van der Waals surface area contributed by atoms with Gasteiger partial charge in [-0.2, -0.15) is 0 Å². The highest BCUT2D eigenvalue weighted by Gasteiger charge is 2.38. The van der Waals surface area contributed by atoms with Gasteiger partial charge in [-0.05, 0) is 43.6 Å². The number of piperidine rings is 3. The number of morpholine rings is 1. The number of anilines is 1. The summed E-state index contributed by atoms with van der Waals surface area (Å²) in [5.74, 6) is 1.29. The van der Waals surface area contributed by atoms with Crippen LogP contribution in [0.1, 0.15) is 18.6 Å². The normalized spacial score (nSPS) is 26.1. The molecule has 4 aliphatic rings. The molecule has 4 saturated heterocycles. The Hall–Kier alpha value is -2.83. The predicted octanol–water partition coefficient (Wildman–Crippen LogP) is 2.42. The fourth-order valence-electron chi connectivity index (χ4n) is 5.46. The molecule has 0 spiro atoms. The van der Waals surface area contributed by atoms with Crippen LogP contribution in [0.25, 0.3) is 22.1 Å². The first-order valence-corrected chi connectivity index (χ1v) is 11.8. The third kappa shape index (κ3) is 3.67. The van der Waals surface area contributed by atoms with Crippen LogP contribution in [-0.4, -0.2) is 67.9 Å². The zero-order valence-electron chi connectivity index (χ0n) is 18.3. The van der Waals surface area contributed by atoms with E-state index in [0.29, 0.717) is 11.7 Å². The second-order valence-corrected chi connectivity index (χ2v) is 9.22. The third-order valence-electron chi connectivity index (χ3n) is 7.31. The minimum Gasteiger partial charge on any atom is -0.457 e. The van der Waals surface area contributed by atoms with Crippen molar-refractivity contribution in [2.45, 2.75) is 18.9 Å². The van der Waals surface area contributed by atoms with Crippen molar-refractivity contribution < 1.29 is 19.3 Å². The van der Waals surface area contributed by atoms with Crippen molar-refractivity contribution in [3.8, 4) is 11.1 Å². The molecule has 0 aliphatic carbocycles. The quantitative estimate of drug-likeness (QED) is 0.490. The van der Waals surface area contributed by atoms with Gasteiger partial charge >= 0.3 is 5.90 Å². The van der Waals surface area contributed by atoms with E-state index in [0.717, 1.165) is 54.9 Å². The lowest BCUT2D eigenvalue weighted by molar-refractivity contribution is -0.529. The Kier molecular flexibility index (Phi) is 5.12. The molecule has 0 unspecified atom stereocenters. The molecule has 0 saturated carbocycles. The topological polar surface area (TPSA) is 63.1 Å². The van der Waals surface area contributed by atoms with Crippen molar-refractivity contribution in [3.63, 3.8) is 0 Å². The minimum atomic E-state index is 0.147. The molecule has 4 fully saturated rings. The Morgan fingerprint density at radius 2 is 1.75 bits per heavy atom. The number of rotatable bonds is 4. The molecule has 7 rings (SSSR count). The molecule has 5 heterocycles. The van der Waals surface area contributed by atoms with E-state index in [1.54, 1.807) is 0 Å². The molecule has 4 aliphatic heterocycles. The molecule has 166 valence electrons. The van der Waals surface area contributed by atoms with Crippen LogP contribution in [0.3, 0.4) is 0 Å². The number of nitrogens with zero attached hydrogens (tertiary/aromatic N) is 2. The van der Waals surface area contributed by atoms with Crippen LogP contribution >= 0.6 is 0 Å². The Morgan fingerprint density at radius 1 is 0.969 bits per heavy atom. The summed E-state index contributed by atoms with van der Waals surface area (Å²) in [5.41, 5.74) is 4.18. The van der Waals surface area contributed by atoms with E-state index in [1.165, 1.54) is 31.6 Å². The first-order chi connectivity index (χ1) is 15.7. The van der Waals surface area contributed by atoms with Crippen molar-refractivity contribution in [2.75, 3.05) is 50.8 Å². The van der Waals surface area contributed by atoms with Gasteiger partial charge in [-0.25, -0.2) is 4.99 Å². The van der Waals surface area contributed by atoms with Crippen LogP contribution < -0.4 is 9.89 Å². The summed E-state index contributed by atoms with van der Waals surface area (Å²) < 4.78 is 11.7. The summed E-state index contributed by atoms with van der Waals surface area (Å²) in [4.78, 5) is 8.18. The van der Waals surface area contributed by atoms with E-state index in [2.05, 4.69) is 45.1 Å². The lowest BCUT2D eigenvalue weighted by Gasteiger charge is -2.40. The Morgan fingerprint density at radius 3 is 2.47 bits per heavy atom. The summed E-state index contributed by atoms with van der Waals surface area (Å²) in [5, 5.41) is 11.8. The second-order valence-electron chi connectivity index (χ2n) is 9.22. The maximum Gasteiger partial charge on any atom is 0.402 e. The first-order valence-electron chi connectivity index (χ1n) is 11.8. The summed E-state index contributed by atoms with van der Waals surface area (Å²) in [7, 11) is 0. The molecule has 6 heteroatoms. The summed E-state index contributed by atoms with van der Waals surface area (Å²) in [6.07, 6.45) is 2.41. The van der Waals surface area contributed by atoms with Gasteiger partial charge in [-0.1, -0.05) is 30.3 Å². The largest absolute Gasteiger partial charge is 0.457 e. The van der Waals surface area contributed by atoms with Crippen LogP contribution in [-0.2, 0) is 4.74 Å². The number of aliphatic hydroxyl groups excluding tert-OH is 1. The number of nitrogens with one attached hydrogen (secondary N) is 1. The first kappa shape index (κ1) is 19.8. The van der Waals surface area contributed by atoms with Gasteiger partial charge in [-0.15, -0.1) is 0 Å². The number of hydrogen-bond acceptors (Lipinski definition) is 4. The fourth-order valence-corrected chi connectivity index (χ4v) is 5.46. The van der Waals surface area contributed by atoms with Gasteiger partial charge in [-0.3, -0.25) is 4.90 Å². The Bertz CT molecular complexity index is 1120. The number of ether oxygens (including phenoxy) is 1. The number of para-hydroxylation sites is 1. The van der Waals surface area contributed by atoms with E-state index in [-0.39, 0.29) is 11.9 Å². The van der Waals surface area contributed by atoms with Gasteiger partial charge in [0.15, 0.2) is 6.04 Å². The number of benzene rings is 2. The van der Waals surface area contributed by atoms with Crippen LogP contribution in [0, 0.1) is 5.92 Å². The number of furan rings is 1. The third-order valence-corrected chi connectivity index (χ3v) is 7.31. The van der Waals surface area contributed by atoms with Gasteiger partial charge in [0.2, 0.25) is 5.76 Å². The van der Waals surface area contributed by atoms with E-state index in [4.69, 9.17) is 9.15 Å². The average Bonchev–Trinajstić information content (AvgIpc) is 3.30. The average molecular weight is 433 g/mol. The molecule has 3 aromatic rings. The number of hydrogen-bond donors (Lipinski definition) is 2. The Labute approximate surface area is 188 Å². The molecule has 1 atom stereocenters. The summed E-state index contributed by atoms with van der Waals surface area (Å²) in [6, 6.07) is 17.0. The standard InChI is InChI=1S/C26H29N3O3/c30-26(27-23-17-28-10-8-19(23)9-11-28)24-16-20-2-1-3-22(25(20)32-24)18-4-6-21(7-5-18)29-12-14-31-15-13-29/h1-7,16,19,23H,8-15,17H2,(H,27,30)/p+1/t23-/m0/s1. The summed E-state index contributed by atoms with van der Waals surface area (Å²) in [6.45, 7) is 6.78. The summed E-state index contributed by atoms with van der Waals surface area (Å²) >= 11 is 0. The van der Waals surface area contributed by atoms with Crippen molar-refractivity contribution in [3.05, 3.63) is 54.3 Å². The molecular weight excluding hydrogens is 402 g/mol. The van der Waals surface area contributed by atoms with Crippen molar-refractivity contribution in [2.24, 2.45) is 5.92 Å². The molecule has 0 amide bonds. The maximum atomic E-state index is 10.8. The number of aliphatic hydroxyl groups is 1. The molecule has 1 aromatic heterocycles. The lowest BCUT2D eigenvalue weighted by atomic mass is 9.84. The monoisotopic (exact) mass is 432 g/mol. The highest BCUT2D eigenvalue weighted by molar-refractivity contribution is 5.97. The number of fused-ring (bicyclic) bond motifs is 4. The molecule has 2 bridgehead atoms. The smallest absolute Gasteiger partial charge is 0.402 e. The van der Waals surface area contributed by atoms with E-state index in [1.807, 2.05) is 18.2 Å². The highest BCUT2D eigenvalue weighted by atomic mass is 16.5. The molecule has 6 nitrogen and oxygen atoms in total. The van der Waals surface area contributed by atoms with Crippen molar-refractivity contribution in [1.82, 2.24) is 4.90 Å². The van der Waals surface area contributed by atoms with Crippen molar-refractivity contribution >= 4 is 22.6 Å². The molecular formula is C26H30N3O3+. The van der Waals surface area contributed by atoms with E-state index in [9.17, 15) is 5.11 Å². The minimum absolute atomic E-state index is 0.147. The molecule has 2 aromatic carbocycles. The molecule has 2 N–H and O–H groups in total. The van der Waals surface area contributed by atoms with Gasteiger partial charge in [0, 0.05) is 41.7 Å². The van der Waals surface area contributed by atoms with Crippen LogP contribution in [0.4, 0.5) is 5.69 Å². The molecule has 0 radical (unpaired) electrons. The SMILES string of the molecule is OC(=[NH+][C@H]1CN2CCC1CC2)c1cc2cccc(-c3ccc(N4CCOCC4)cc3)c2o1.